The maximum atomic E-state index is 5.94. The van der Waals surface area contributed by atoms with E-state index < -0.39 is 0 Å². The molecule has 0 aliphatic heterocycles. The minimum absolute atomic E-state index is 0.356. The maximum absolute atomic E-state index is 5.94. The Hall–Kier alpha value is -0.0800. The molecule has 0 saturated heterocycles. The zero-order valence-corrected chi connectivity index (χ0v) is 12.0. The van der Waals surface area contributed by atoms with Crippen molar-refractivity contribution in [3.63, 3.8) is 0 Å². The smallest absolute Gasteiger partial charge is 0.0722 e. The molecule has 1 N–H and O–H groups in total. The molecule has 1 atom stereocenters. The van der Waals surface area contributed by atoms with E-state index >= 15 is 0 Å². The average Bonchev–Trinajstić information content (AvgIpc) is 2.15. The van der Waals surface area contributed by atoms with E-state index in [4.69, 9.17) is 4.74 Å². The van der Waals surface area contributed by atoms with Gasteiger partial charge in [-0.3, -0.25) is 0 Å². The van der Waals surface area contributed by atoms with E-state index in [0.717, 1.165) is 19.1 Å². The normalized spacial score (nSPS) is 14.1. The highest BCUT2D eigenvalue weighted by Crippen LogP contribution is 2.09. The van der Waals surface area contributed by atoms with Gasteiger partial charge in [0, 0.05) is 19.2 Å². The summed E-state index contributed by atoms with van der Waals surface area (Å²) in [6.07, 6.45) is 2.81. The summed E-state index contributed by atoms with van der Waals surface area (Å²) in [6.45, 7) is 15.2. The number of nitrogens with one attached hydrogen (secondary N) is 1. The van der Waals surface area contributed by atoms with Crippen LogP contribution < -0.4 is 5.32 Å². The lowest BCUT2D eigenvalue weighted by Crippen LogP contribution is -2.36. The topological polar surface area (TPSA) is 21.3 Å². The van der Waals surface area contributed by atoms with E-state index in [0.29, 0.717) is 18.1 Å². The molecule has 2 heteroatoms. The third-order valence-corrected chi connectivity index (χ3v) is 2.73. The molecule has 16 heavy (non-hydrogen) atoms. The second kappa shape index (κ2) is 9.00. The molecule has 98 valence electrons. The molecule has 0 bridgehead atoms. The third-order valence-electron chi connectivity index (χ3n) is 2.73. The lowest BCUT2D eigenvalue weighted by molar-refractivity contribution is 0.0188. The Morgan fingerprint density at radius 2 is 1.62 bits per heavy atom. The second-order valence-electron chi connectivity index (χ2n) is 5.75. The molecule has 0 aromatic heterocycles. The molecule has 0 aliphatic carbocycles. The van der Waals surface area contributed by atoms with Gasteiger partial charge in [-0.1, -0.05) is 41.5 Å². The van der Waals surface area contributed by atoms with E-state index in [9.17, 15) is 0 Å². The van der Waals surface area contributed by atoms with Crippen molar-refractivity contribution in [1.82, 2.24) is 5.32 Å². The monoisotopic (exact) mass is 229 g/mol. The second-order valence-corrected chi connectivity index (χ2v) is 5.75. The molecule has 0 spiro atoms. The van der Waals surface area contributed by atoms with E-state index in [2.05, 4.69) is 46.9 Å². The van der Waals surface area contributed by atoms with E-state index in [1.54, 1.807) is 0 Å². The Morgan fingerprint density at radius 3 is 2.06 bits per heavy atom. The van der Waals surface area contributed by atoms with Crippen molar-refractivity contribution in [2.75, 3.05) is 13.2 Å². The van der Waals surface area contributed by atoms with Crippen LogP contribution in [-0.2, 0) is 4.74 Å². The fraction of sp³-hybridized carbons (Fsp3) is 1.00. The van der Waals surface area contributed by atoms with Gasteiger partial charge in [-0.25, -0.2) is 0 Å². The fourth-order valence-corrected chi connectivity index (χ4v) is 1.57. The van der Waals surface area contributed by atoms with Crippen LogP contribution in [0.15, 0.2) is 0 Å². The standard InChI is InChI=1S/C14H31NO/c1-11(2)8-7-9-16-14(12(3)4)10-15-13(5)6/h11-15H,7-10H2,1-6H3. The minimum atomic E-state index is 0.356. The van der Waals surface area contributed by atoms with Crippen LogP contribution >= 0.6 is 0 Å². The van der Waals surface area contributed by atoms with Gasteiger partial charge in [0.15, 0.2) is 0 Å². The Balaban J connectivity index is 3.68. The average molecular weight is 229 g/mol. The van der Waals surface area contributed by atoms with Gasteiger partial charge in [-0.2, -0.15) is 0 Å². The first-order valence-electron chi connectivity index (χ1n) is 6.78. The highest BCUT2D eigenvalue weighted by atomic mass is 16.5. The molecule has 0 heterocycles. The Bertz CT molecular complexity index is 155. The first-order chi connectivity index (χ1) is 7.43. The molecule has 0 fully saturated rings. The van der Waals surface area contributed by atoms with Gasteiger partial charge < -0.3 is 10.1 Å². The Morgan fingerprint density at radius 1 is 1.00 bits per heavy atom. The maximum Gasteiger partial charge on any atom is 0.0722 e. The van der Waals surface area contributed by atoms with Crippen molar-refractivity contribution >= 4 is 0 Å². The number of ether oxygens (including phenoxy) is 1. The summed E-state index contributed by atoms with van der Waals surface area (Å²) in [4.78, 5) is 0. The van der Waals surface area contributed by atoms with Gasteiger partial charge in [-0.05, 0) is 24.7 Å². The fourth-order valence-electron chi connectivity index (χ4n) is 1.57. The lowest BCUT2D eigenvalue weighted by Gasteiger charge is -2.23. The lowest BCUT2D eigenvalue weighted by atomic mass is 10.1. The summed E-state index contributed by atoms with van der Waals surface area (Å²) >= 11 is 0. The number of hydrogen-bond acceptors (Lipinski definition) is 2. The molecule has 2 nitrogen and oxygen atoms in total. The molecular formula is C14H31NO. The summed E-state index contributed by atoms with van der Waals surface area (Å²) in [7, 11) is 0. The van der Waals surface area contributed by atoms with Crippen LogP contribution in [0.25, 0.3) is 0 Å². The van der Waals surface area contributed by atoms with Crippen molar-refractivity contribution < 1.29 is 4.74 Å². The molecular weight excluding hydrogens is 198 g/mol. The molecule has 0 radical (unpaired) electrons. The largest absolute Gasteiger partial charge is 0.377 e. The SMILES string of the molecule is CC(C)CCCOC(CNC(C)C)C(C)C. The predicted octanol–water partition coefficient (Wildman–Crippen LogP) is 3.46. The first-order valence-corrected chi connectivity index (χ1v) is 6.78. The van der Waals surface area contributed by atoms with Crippen molar-refractivity contribution in [3.05, 3.63) is 0 Å². The minimum Gasteiger partial charge on any atom is -0.377 e. The van der Waals surface area contributed by atoms with Gasteiger partial charge >= 0.3 is 0 Å². The van der Waals surface area contributed by atoms with Gasteiger partial charge in [0.25, 0.3) is 0 Å². The molecule has 0 amide bonds. The van der Waals surface area contributed by atoms with Crippen LogP contribution in [0, 0.1) is 11.8 Å². The predicted molar refractivity (Wildman–Crippen MR) is 71.8 cm³/mol. The molecule has 1 unspecified atom stereocenters. The van der Waals surface area contributed by atoms with Crippen LogP contribution in [0.5, 0.6) is 0 Å². The quantitative estimate of drug-likeness (QED) is 0.611. The van der Waals surface area contributed by atoms with Crippen molar-refractivity contribution in [1.29, 1.82) is 0 Å². The van der Waals surface area contributed by atoms with Gasteiger partial charge in [0.05, 0.1) is 6.10 Å². The van der Waals surface area contributed by atoms with Crippen molar-refractivity contribution in [2.24, 2.45) is 11.8 Å². The zero-order valence-electron chi connectivity index (χ0n) is 12.0. The molecule has 0 aromatic rings. The Labute approximate surface area is 102 Å². The first kappa shape index (κ1) is 15.9. The summed E-state index contributed by atoms with van der Waals surface area (Å²) in [5, 5.41) is 3.45. The summed E-state index contributed by atoms with van der Waals surface area (Å²) in [5.74, 6) is 1.38. The molecule has 0 saturated carbocycles. The van der Waals surface area contributed by atoms with Gasteiger partial charge in [0.1, 0.15) is 0 Å². The van der Waals surface area contributed by atoms with Crippen molar-refractivity contribution in [3.8, 4) is 0 Å². The Kier molecular flexibility index (Phi) is 8.96. The van der Waals surface area contributed by atoms with Gasteiger partial charge in [0.2, 0.25) is 0 Å². The van der Waals surface area contributed by atoms with Crippen LogP contribution in [0.3, 0.4) is 0 Å². The summed E-state index contributed by atoms with van der Waals surface area (Å²) in [5.41, 5.74) is 0. The van der Waals surface area contributed by atoms with Crippen LogP contribution in [0.4, 0.5) is 0 Å². The highest BCUT2D eigenvalue weighted by molar-refractivity contribution is 4.67. The third kappa shape index (κ3) is 9.17. The van der Waals surface area contributed by atoms with Gasteiger partial charge in [-0.15, -0.1) is 0 Å². The van der Waals surface area contributed by atoms with E-state index in [1.807, 2.05) is 0 Å². The van der Waals surface area contributed by atoms with E-state index in [1.165, 1.54) is 12.8 Å². The molecule has 0 aromatic carbocycles. The van der Waals surface area contributed by atoms with Crippen LogP contribution in [0.2, 0.25) is 0 Å². The summed E-state index contributed by atoms with van der Waals surface area (Å²) in [6, 6.07) is 0.542. The summed E-state index contributed by atoms with van der Waals surface area (Å²) < 4.78 is 5.94. The molecule has 0 aliphatic rings. The van der Waals surface area contributed by atoms with Crippen LogP contribution in [0.1, 0.15) is 54.4 Å². The zero-order chi connectivity index (χ0) is 12.6. The van der Waals surface area contributed by atoms with Crippen molar-refractivity contribution in [2.45, 2.75) is 66.5 Å². The highest BCUT2D eigenvalue weighted by Gasteiger charge is 2.13. The number of hydrogen-bond donors (Lipinski definition) is 1. The number of rotatable bonds is 9. The van der Waals surface area contributed by atoms with Crippen LogP contribution in [-0.4, -0.2) is 25.3 Å². The van der Waals surface area contributed by atoms with E-state index in [-0.39, 0.29) is 0 Å². The molecule has 0 rings (SSSR count).